The smallest absolute Gasteiger partial charge is 0.329 e. The summed E-state index contributed by atoms with van der Waals surface area (Å²) in [7, 11) is 0. The van der Waals surface area contributed by atoms with Crippen LogP contribution in [-0.4, -0.2) is 30.5 Å². The molecule has 0 aliphatic rings. The van der Waals surface area contributed by atoms with E-state index in [1.54, 1.807) is 54.6 Å². The van der Waals surface area contributed by atoms with Crippen molar-refractivity contribution < 1.29 is 19.1 Å². The average Bonchev–Trinajstić information content (AvgIpc) is 2.81. The van der Waals surface area contributed by atoms with Crippen LogP contribution in [0.25, 0.3) is 0 Å². The summed E-state index contributed by atoms with van der Waals surface area (Å²) >= 11 is 0. The van der Waals surface area contributed by atoms with Crippen molar-refractivity contribution in [1.82, 2.24) is 5.43 Å². The first-order chi connectivity index (χ1) is 15.6. The molecule has 0 saturated heterocycles. The summed E-state index contributed by atoms with van der Waals surface area (Å²) in [6.07, 6.45) is 1.42. The van der Waals surface area contributed by atoms with Gasteiger partial charge in [0.2, 0.25) is 0 Å². The monoisotopic (exact) mass is 430 g/mol. The van der Waals surface area contributed by atoms with Crippen LogP contribution >= 0.6 is 0 Å². The van der Waals surface area contributed by atoms with Crippen LogP contribution in [0, 0.1) is 0 Å². The molecule has 0 aliphatic carbocycles. The molecule has 3 rings (SSSR count). The lowest BCUT2D eigenvalue weighted by Gasteiger charge is -2.11. The van der Waals surface area contributed by atoms with E-state index in [1.165, 1.54) is 12.3 Å². The van der Waals surface area contributed by atoms with Crippen LogP contribution in [0.2, 0.25) is 0 Å². The number of carbonyl (C=O) groups is 3. The zero-order valence-electron chi connectivity index (χ0n) is 17.4. The summed E-state index contributed by atoms with van der Waals surface area (Å²) in [4.78, 5) is 37.0. The van der Waals surface area contributed by atoms with Crippen molar-refractivity contribution in [3.05, 3.63) is 90.0 Å². The fourth-order valence-electron chi connectivity index (χ4n) is 2.72. The molecule has 3 aromatic carbocycles. The fourth-order valence-corrected chi connectivity index (χ4v) is 2.72. The third-order valence-corrected chi connectivity index (χ3v) is 4.23. The predicted octanol–water partition coefficient (Wildman–Crippen LogP) is 3.43. The Hall–Kier alpha value is -4.46. The molecule has 0 aromatic heterocycles. The zero-order chi connectivity index (χ0) is 22.8. The maximum absolute atomic E-state index is 12.7. The molecule has 3 N–H and O–H groups in total. The van der Waals surface area contributed by atoms with Gasteiger partial charge in [-0.05, 0) is 48.9 Å². The minimum absolute atomic E-state index is 0.197. The lowest BCUT2D eigenvalue weighted by molar-refractivity contribution is -0.136. The van der Waals surface area contributed by atoms with E-state index in [4.69, 9.17) is 4.74 Å². The minimum atomic E-state index is -0.959. The molecule has 0 heterocycles. The van der Waals surface area contributed by atoms with Gasteiger partial charge in [-0.25, -0.2) is 5.43 Å². The van der Waals surface area contributed by atoms with Gasteiger partial charge < -0.3 is 15.4 Å². The molecule has 0 fully saturated rings. The zero-order valence-corrected chi connectivity index (χ0v) is 17.4. The number of amides is 3. The first-order valence-electron chi connectivity index (χ1n) is 9.89. The molecule has 0 spiro atoms. The van der Waals surface area contributed by atoms with E-state index in [-0.39, 0.29) is 11.3 Å². The van der Waals surface area contributed by atoms with Crippen LogP contribution in [0.15, 0.2) is 84.0 Å². The summed E-state index contributed by atoms with van der Waals surface area (Å²) in [6, 6.07) is 22.4. The summed E-state index contributed by atoms with van der Waals surface area (Å²) in [6.45, 7) is 2.43. The molecule has 3 amide bonds. The molecule has 0 bridgehead atoms. The number of para-hydroxylation sites is 1. The van der Waals surface area contributed by atoms with E-state index in [0.29, 0.717) is 18.0 Å². The number of benzene rings is 3. The second kappa shape index (κ2) is 11.1. The van der Waals surface area contributed by atoms with Crippen molar-refractivity contribution in [2.45, 2.75) is 6.92 Å². The number of nitrogens with one attached hydrogen (secondary N) is 3. The topological polar surface area (TPSA) is 109 Å². The van der Waals surface area contributed by atoms with Crippen LogP contribution < -0.4 is 20.8 Å². The van der Waals surface area contributed by atoms with Crippen LogP contribution in [0.4, 0.5) is 11.4 Å². The average molecular weight is 430 g/mol. The highest BCUT2D eigenvalue weighted by atomic mass is 16.5. The van der Waals surface area contributed by atoms with E-state index in [2.05, 4.69) is 21.2 Å². The molecule has 32 heavy (non-hydrogen) atoms. The quantitative estimate of drug-likeness (QED) is 0.303. The lowest BCUT2D eigenvalue weighted by atomic mass is 10.1. The van der Waals surface area contributed by atoms with Crippen molar-refractivity contribution in [2.75, 3.05) is 17.2 Å². The SMILES string of the molecule is CCOc1ccc(NC(=O)c2ccccc2NC(=O)C(=O)NN=Cc2ccccc2)cc1. The molecule has 0 saturated carbocycles. The van der Waals surface area contributed by atoms with E-state index in [9.17, 15) is 14.4 Å². The Kier molecular flexibility index (Phi) is 7.69. The van der Waals surface area contributed by atoms with E-state index >= 15 is 0 Å². The number of rotatable bonds is 7. The Balaban J connectivity index is 1.62. The van der Waals surface area contributed by atoms with Crippen molar-refractivity contribution in [2.24, 2.45) is 5.10 Å². The van der Waals surface area contributed by atoms with Gasteiger partial charge in [-0.2, -0.15) is 5.10 Å². The fraction of sp³-hybridized carbons (Fsp3) is 0.0833. The Labute approximate surface area is 185 Å². The Bertz CT molecular complexity index is 1110. The normalized spacial score (nSPS) is 10.4. The first kappa shape index (κ1) is 22.2. The van der Waals surface area contributed by atoms with Gasteiger partial charge in [0.1, 0.15) is 5.75 Å². The van der Waals surface area contributed by atoms with Gasteiger partial charge >= 0.3 is 11.8 Å². The highest BCUT2D eigenvalue weighted by molar-refractivity contribution is 6.40. The second-order valence-electron chi connectivity index (χ2n) is 6.52. The third kappa shape index (κ3) is 6.27. The van der Waals surface area contributed by atoms with Crippen molar-refractivity contribution in [3.63, 3.8) is 0 Å². The molecule has 0 unspecified atom stereocenters. The van der Waals surface area contributed by atoms with Gasteiger partial charge in [0.05, 0.1) is 24.1 Å². The van der Waals surface area contributed by atoms with E-state index < -0.39 is 17.7 Å². The molecule has 0 aliphatic heterocycles. The molecular weight excluding hydrogens is 408 g/mol. The van der Waals surface area contributed by atoms with Gasteiger partial charge in [0.15, 0.2) is 0 Å². The Morgan fingerprint density at radius 3 is 2.25 bits per heavy atom. The molecule has 8 heteroatoms. The van der Waals surface area contributed by atoms with E-state index in [0.717, 1.165) is 5.56 Å². The van der Waals surface area contributed by atoms with Crippen LogP contribution in [-0.2, 0) is 9.59 Å². The standard InChI is InChI=1S/C24H22N4O4/c1-2-32-19-14-12-18(13-15-19)26-22(29)20-10-6-7-11-21(20)27-23(30)24(31)28-25-16-17-8-4-3-5-9-17/h3-16H,2H2,1H3,(H,26,29)(H,27,30)(H,28,31). The van der Waals surface area contributed by atoms with Crippen LogP contribution in [0.3, 0.4) is 0 Å². The summed E-state index contributed by atoms with van der Waals surface area (Å²) in [5, 5.41) is 8.96. The second-order valence-corrected chi connectivity index (χ2v) is 6.52. The Morgan fingerprint density at radius 2 is 1.53 bits per heavy atom. The van der Waals surface area contributed by atoms with Crippen LogP contribution in [0.5, 0.6) is 5.75 Å². The predicted molar refractivity (Wildman–Crippen MR) is 123 cm³/mol. The molecule has 162 valence electrons. The highest BCUT2D eigenvalue weighted by Gasteiger charge is 2.17. The van der Waals surface area contributed by atoms with Crippen molar-refractivity contribution in [1.29, 1.82) is 0 Å². The number of carbonyl (C=O) groups excluding carboxylic acids is 3. The molecule has 8 nitrogen and oxygen atoms in total. The summed E-state index contributed by atoms with van der Waals surface area (Å²) in [5.74, 6) is -1.65. The molecule has 0 atom stereocenters. The summed E-state index contributed by atoms with van der Waals surface area (Å²) < 4.78 is 5.38. The number of nitrogens with zero attached hydrogens (tertiary/aromatic N) is 1. The number of hydrogen-bond donors (Lipinski definition) is 3. The number of ether oxygens (including phenoxy) is 1. The maximum atomic E-state index is 12.7. The first-order valence-corrected chi connectivity index (χ1v) is 9.89. The molecule has 0 radical (unpaired) electrons. The lowest BCUT2D eigenvalue weighted by Crippen LogP contribution is -2.33. The number of anilines is 2. The number of hydrazone groups is 1. The maximum Gasteiger partial charge on any atom is 0.329 e. The molecule has 3 aromatic rings. The van der Waals surface area contributed by atoms with Gasteiger partial charge in [-0.1, -0.05) is 42.5 Å². The summed E-state index contributed by atoms with van der Waals surface area (Å²) in [5.41, 5.74) is 3.89. The van der Waals surface area contributed by atoms with Gasteiger partial charge in [0.25, 0.3) is 5.91 Å². The molecular formula is C24H22N4O4. The van der Waals surface area contributed by atoms with Crippen LogP contribution in [0.1, 0.15) is 22.8 Å². The largest absolute Gasteiger partial charge is 0.494 e. The van der Waals surface area contributed by atoms with Crippen molar-refractivity contribution >= 4 is 35.3 Å². The van der Waals surface area contributed by atoms with Gasteiger partial charge in [-0.3, -0.25) is 14.4 Å². The Morgan fingerprint density at radius 1 is 0.844 bits per heavy atom. The van der Waals surface area contributed by atoms with E-state index in [1.807, 2.05) is 25.1 Å². The third-order valence-electron chi connectivity index (χ3n) is 4.23. The van der Waals surface area contributed by atoms with Gasteiger partial charge in [0, 0.05) is 5.69 Å². The van der Waals surface area contributed by atoms with Gasteiger partial charge in [-0.15, -0.1) is 0 Å². The highest BCUT2D eigenvalue weighted by Crippen LogP contribution is 2.19. The number of hydrogen-bond acceptors (Lipinski definition) is 5. The van der Waals surface area contributed by atoms with Crippen molar-refractivity contribution in [3.8, 4) is 5.75 Å². The minimum Gasteiger partial charge on any atom is -0.494 e.